The molecule has 0 radical (unpaired) electrons. The summed E-state index contributed by atoms with van der Waals surface area (Å²) in [5.41, 5.74) is 2.23. The number of nitrogens with zero attached hydrogens (tertiary/aromatic N) is 4. The number of esters is 1. The molecular weight excluding hydrogens is 501 g/mol. The lowest BCUT2D eigenvalue weighted by molar-refractivity contribution is -0.141. The van der Waals surface area contributed by atoms with E-state index in [1.54, 1.807) is 41.3 Å². The van der Waals surface area contributed by atoms with E-state index in [0.29, 0.717) is 27.7 Å². The molecule has 10 nitrogen and oxygen atoms in total. The lowest BCUT2D eigenvalue weighted by Crippen LogP contribution is -2.30. The number of amides is 1. The number of ether oxygens (including phenoxy) is 1. The van der Waals surface area contributed by atoms with Crippen LogP contribution >= 0.6 is 0 Å². The Hall–Kier alpha value is -4.16. The number of likely N-dealkylation sites (N-methyl/N-ethyl adjacent to an activating group) is 1. The van der Waals surface area contributed by atoms with E-state index in [-0.39, 0.29) is 36.3 Å². The summed E-state index contributed by atoms with van der Waals surface area (Å²) in [6.07, 6.45) is 4.56. The number of rotatable bonds is 9. The lowest BCUT2D eigenvalue weighted by atomic mass is 10.1. The van der Waals surface area contributed by atoms with Crippen molar-refractivity contribution in [3.05, 3.63) is 84.1 Å². The monoisotopic (exact) mass is 525 g/mol. The van der Waals surface area contributed by atoms with Gasteiger partial charge in [-0.25, -0.2) is 17.5 Å². The van der Waals surface area contributed by atoms with Crippen LogP contribution in [0.1, 0.15) is 22.8 Å². The third-order valence-electron chi connectivity index (χ3n) is 5.61. The van der Waals surface area contributed by atoms with Crippen molar-refractivity contribution in [2.75, 3.05) is 20.2 Å². The van der Waals surface area contributed by atoms with Crippen LogP contribution in [-0.2, 0) is 26.1 Å². The number of benzene rings is 2. The maximum atomic E-state index is 13.3. The first-order valence-electron chi connectivity index (χ1n) is 11.2. The SMILES string of the molecule is CC(=O)OCCN(C)S(=O)(=O)c1ccc(CNC(=O)c2cncc3c2cnn3-c2ccc(F)cc2)cc1. The van der Waals surface area contributed by atoms with E-state index in [1.807, 2.05) is 0 Å². The van der Waals surface area contributed by atoms with Gasteiger partial charge in [0.15, 0.2) is 0 Å². The van der Waals surface area contributed by atoms with Gasteiger partial charge in [-0.15, -0.1) is 0 Å². The van der Waals surface area contributed by atoms with Gasteiger partial charge in [-0.3, -0.25) is 14.6 Å². The first-order valence-corrected chi connectivity index (χ1v) is 12.7. The first kappa shape index (κ1) is 25.9. The minimum atomic E-state index is -3.76. The largest absolute Gasteiger partial charge is 0.464 e. The van der Waals surface area contributed by atoms with Crippen LogP contribution in [0.3, 0.4) is 0 Å². The van der Waals surface area contributed by atoms with Crippen molar-refractivity contribution in [3.8, 4) is 5.69 Å². The summed E-state index contributed by atoms with van der Waals surface area (Å²) in [6, 6.07) is 11.9. The van der Waals surface area contributed by atoms with Gasteiger partial charge in [0, 0.05) is 38.6 Å². The maximum Gasteiger partial charge on any atom is 0.302 e. The van der Waals surface area contributed by atoms with Crippen LogP contribution < -0.4 is 5.32 Å². The predicted molar refractivity (Wildman–Crippen MR) is 133 cm³/mol. The number of sulfonamides is 1. The van der Waals surface area contributed by atoms with Crippen LogP contribution in [0.25, 0.3) is 16.6 Å². The molecule has 0 saturated carbocycles. The first-order chi connectivity index (χ1) is 17.7. The van der Waals surface area contributed by atoms with Gasteiger partial charge in [-0.2, -0.15) is 9.40 Å². The highest BCUT2D eigenvalue weighted by atomic mass is 32.2. The van der Waals surface area contributed by atoms with Crippen LogP contribution in [-0.4, -0.2) is 59.6 Å². The van der Waals surface area contributed by atoms with Gasteiger partial charge in [0.1, 0.15) is 12.4 Å². The maximum absolute atomic E-state index is 13.3. The quantitative estimate of drug-likeness (QED) is 0.333. The van der Waals surface area contributed by atoms with E-state index in [4.69, 9.17) is 4.74 Å². The molecule has 37 heavy (non-hydrogen) atoms. The number of carbonyl (C=O) groups is 2. The molecule has 192 valence electrons. The third kappa shape index (κ3) is 5.81. The van der Waals surface area contributed by atoms with Gasteiger partial charge in [0.2, 0.25) is 10.0 Å². The highest BCUT2D eigenvalue weighted by Crippen LogP contribution is 2.21. The Morgan fingerprint density at radius 1 is 1.05 bits per heavy atom. The van der Waals surface area contributed by atoms with Gasteiger partial charge in [0.05, 0.1) is 34.1 Å². The van der Waals surface area contributed by atoms with E-state index < -0.39 is 16.0 Å². The molecule has 0 atom stereocenters. The molecule has 1 amide bonds. The molecule has 0 aliphatic rings. The van der Waals surface area contributed by atoms with E-state index >= 15 is 0 Å². The summed E-state index contributed by atoms with van der Waals surface area (Å²) >= 11 is 0. The molecule has 0 spiro atoms. The molecule has 2 heterocycles. The van der Waals surface area contributed by atoms with Crippen LogP contribution in [0, 0.1) is 5.82 Å². The average Bonchev–Trinajstić information content (AvgIpc) is 3.32. The lowest BCUT2D eigenvalue weighted by Gasteiger charge is -2.17. The number of fused-ring (bicyclic) bond motifs is 1. The average molecular weight is 526 g/mol. The summed E-state index contributed by atoms with van der Waals surface area (Å²) < 4.78 is 46.2. The molecule has 4 rings (SSSR count). The van der Waals surface area contributed by atoms with Gasteiger partial charge in [-0.1, -0.05) is 12.1 Å². The second kappa shape index (κ2) is 10.8. The molecule has 0 aliphatic heterocycles. The molecule has 0 unspecified atom stereocenters. The summed E-state index contributed by atoms with van der Waals surface area (Å²) in [6.45, 7) is 1.39. The molecule has 4 aromatic rings. The second-order valence-electron chi connectivity index (χ2n) is 8.15. The normalized spacial score (nSPS) is 11.6. The number of hydrogen-bond donors (Lipinski definition) is 1. The Kier molecular flexibility index (Phi) is 7.60. The summed E-state index contributed by atoms with van der Waals surface area (Å²) in [4.78, 5) is 28.0. The predicted octanol–water partition coefficient (Wildman–Crippen LogP) is 2.67. The number of aromatic nitrogens is 3. The van der Waals surface area contributed by atoms with E-state index in [2.05, 4.69) is 15.4 Å². The highest BCUT2D eigenvalue weighted by molar-refractivity contribution is 7.89. The van der Waals surface area contributed by atoms with E-state index in [0.717, 1.165) is 4.31 Å². The number of hydrogen-bond acceptors (Lipinski definition) is 7. The van der Waals surface area contributed by atoms with Crippen LogP contribution in [0.15, 0.2) is 72.0 Å². The number of nitrogens with one attached hydrogen (secondary N) is 1. The standard InChI is InChI=1S/C25H24FN5O5S/c1-17(32)36-12-11-30(2)37(34,35)21-9-3-18(4-10-21)13-28-25(33)23-14-27-16-24-22(23)15-29-31(24)20-7-5-19(26)6-8-20/h3-10,14-16H,11-13H2,1-2H3,(H,28,33). The minimum absolute atomic E-state index is 0.0248. The Balaban J connectivity index is 1.43. The Morgan fingerprint density at radius 2 is 1.76 bits per heavy atom. The van der Waals surface area contributed by atoms with Gasteiger partial charge < -0.3 is 10.1 Å². The van der Waals surface area contributed by atoms with Crippen molar-refractivity contribution >= 4 is 32.8 Å². The fraction of sp³-hybridized carbons (Fsp3) is 0.200. The van der Waals surface area contributed by atoms with Crippen LogP contribution in [0.2, 0.25) is 0 Å². The van der Waals surface area contributed by atoms with Crippen molar-refractivity contribution in [2.24, 2.45) is 0 Å². The topological polar surface area (TPSA) is 123 Å². The van der Waals surface area contributed by atoms with Crippen molar-refractivity contribution in [1.29, 1.82) is 0 Å². The van der Waals surface area contributed by atoms with Gasteiger partial charge in [0.25, 0.3) is 5.91 Å². The van der Waals surface area contributed by atoms with Crippen molar-refractivity contribution in [1.82, 2.24) is 24.4 Å². The molecule has 0 saturated heterocycles. The second-order valence-corrected chi connectivity index (χ2v) is 10.2. The molecule has 2 aromatic heterocycles. The Labute approximate surface area is 212 Å². The van der Waals surface area contributed by atoms with E-state index in [1.165, 1.54) is 44.4 Å². The fourth-order valence-electron chi connectivity index (χ4n) is 3.59. The fourth-order valence-corrected chi connectivity index (χ4v) is 4.74. The van der Waals surface area contributed by atoms with Gasteiger partial charge >= 0.3 is 5.97 Å². The molecule has 0 bridgehead atoms. The van der Waals surface area contributed by atoms with Crippen LogP contribution in [0.5, 0.6) is 0 Å². The third-order valence-corrected chi connectivity index (χ3v) is 7.48. The molecule has 0 aliphatic carbocycles. The van der Waals surface area contributed by atoms with Crippen molar-refractivity contribution in [3.63, 3.8) is 0 Å². The molecule has 0 fully saturated rings. The van der Waals surface area contributed by atoms with Crippen molar-refractivity contribution < 1.29 is 27.1 Å². The number of halogens is 1. The summed E-state index contributed by atoms with van der Waals surface area (Å²) in [5.74, 6) is -1.22. The molecular formula is C25H24FN5O5S. The summed E-state index contributed by atoms with van der Waals surface area (Å²) in [7, 11) is -2.36. The zero-order chi connectivity index (χ0) is 26.6. The smallest absolute Gasteiger partial charge is 0.302 e. The zero-order valence-corrected chi connectivity index (χ0v) is 20.9. The molecule has 1 N–H and O–H groups in total. The summed E-state index contributed by atoms with van der Waals surface area (Å²) in [5, 5.41) is 7.71. The Bertz CT molecular complexity index is 1540. The number of pyridine rings is 1. The van der Waals surface area contributed by atoms with E-state index in [9.17, 15) is 22.4 Å². The van der Waals surface area contributed by atoms with Gasteiger partial charge in [-0.05, 0) is 42.0 Å². The molecule has 12 heteroatoms. The highest BCUT2D eigenvalue weighted by Gasteiger charge is 2.21. The Morgan fingerprint density at radius 3 is 2.43 bits per heavy atom. The minimum Gasteiger partial charge on any atom is -0.464 e. The van der Waals surface area contributed by atoms with Crippen molar-refractivity contribution in [2.45, 2.75) is 18.4 Å². The number of carbonyl (C=O) groups excluding carboxylic acids is 2. The zero-order valence-electron chi connectivity index (χ0n) is 20.1. The molecule has 2 aromatic carbocycles. The van der Waals surface area contributed by atoms with Crippen LogP contribution in [0.4, 0.5) is 4.39 Å².